The molecule has 0 amide bonds. The number of aliphatic hydroxyl groups excluding tert-OH is 2. The van der Waals surface area contributed by atoms with E-state index in [1.165, 1.54) is 0 Å². The van der Waals surface area contributed by atoms with Gasteiger partial charge in [0.05, 0.1) is 6.10 Å². The minimum absolute atomic E-state index is 0.215. The molecule has 12 heavy (non-hydrogen) atoms. The first-order valence-corrected chi connectivity index (χ1v) is 4.69. The van der Waals surface area contributed by atoms with Gasteiger partial charge in [0.1, 0.15) is 0 Å². The summed E-state index contributed by atoms with van der Waals surface area (Å²) in [4.78, 5) is 0. The lowest BCUT2D eigenvalue weighted by molar-refractivity contribution is 0.186. The maximum atomic E-state index is 9.49. The van der Waals surface area contributed by atoms with E-state index >= 15 is 0 Å². The molecule has 0 bridgehead atoms. The van der Waals surface area contributed by atoms with E-state index in [9.17, 15) is 5.11 Å². The fourth-order valence-electron chi connectivity index (χ4n) is 1.14. The Labute approximate surface area is 74.9 Å². The summed E-state index contributed by atoms with van der Waals surface area (Å²) in [5.74, 6) is 0. The molecule has 2 nitrogen and oxygen atoms in total. The van der Waals surface area contributed by atoms with E-state index in [4.69, 9.17) is 5.11 Å². The molecule has 2 N–H and O–H groups in total. The van der Waals surface area contributed by atoms with Crippen molar-refractivity contribution in [1.29, 1.82) is 0 Å². The minimum Gasteiger partial charge on any atom is -0.396 e. The highest BCUT2D eigenvalue weighted by Gasteiger charge is 2.06. The molecule has 0 aromatic carbocycles. The molecule has 0 aliphatic carbocycles. The van der Waals surface area contributed by atoms with Gasteiger partial charge in [0.2, 0.25) is 0 Å². The van der Waals surface area contributed by atoms with Gasteiger partial charge in [0.15, 0.2) is 0 Å². The van der Waals surface area contributed by atoms with E-state index in [0.717, 1.165) is 37.7 Å². The van der Waals surface area contributed by atoms with Crippen LogP contribution in [-0.2, 0) is 0 Å². The van der Waals surface area contributed by atoms with Crippen LogP contribution in [0.5, 0.6) is 0 Å². The van der Waals surface area contributed by atoms with E-state index in [1.54, 1.807) is 0 Å². The summed E-state index contributed by atoms with van der Waals surface area (Å²) in [5.41, 5.74) is 0.926. The van der Waals surface area contributed by atoms with Crippen molar-refractivity contribution in [2.45, 2.75) is 45.1 Å². The first kappa shape index (κ1) is 11.7. The van der Waals surface area contributed by atoms with Crippen molar-refractivity contribution >= 4 is 0 Å². The van der Waals surface area contributed by atoms with Crippen LogP contribution in [0.2, 0.25) is 0 Å². The van der Waals surface area contributed by atoms with Crippen LogP contribution in [0.15, 0.2) is 12.2 Å². The molecular formula is C10H20O2. The van der Waals surface area contributed by atoms with Gasteiger partial charge in [-0.05, 0) is 31.3 Å². The third-order valence-electron chi connectivity index (χ3n) is 1.93. The second-order valence-electron chi connectivity index (χ2n) is 3.14. The van der Waals surface area contributed by atoms with Crippen molar-refractivity contribution in [1.82, 2.24) is 0 Å². The van der Waals surface area contributed by atoms with Gasteiger partial charge in [-0.15, -0.1) is 0 Å². The second kappa shape index (κ2) is 7.32. The van der Waals surface area contributed by atoms with Gasteiger partial charge in [-0.25, -0.2) is 0 Å². The van der Waals surface area contributed by atoms with Crippen LogP contribution in [0.25, 0.3) is 0 Å². The highest BCUT2D eigenvalue weighted by atomic mass is 16.3. The summed E-state index contributed by atoms with van der Waals surface area (Å²) in [5, 5.41) is 18.0. The monoisotopic (exact) mass is 172 g/mol. The number of rotatable bonds is 7. The molecule has 1 unspecified atom stereocenters. The third kappa shape index (κ3) is 5.33. The van der Waals surface area contributed by atoms with Crippen molar-refractivity contribution in [3.8, 4) is 0 Å². The molecule has 0 saturated heterocycles. The SMILES string of the molecule is C=C(CCC)C(O)CCCCO. The van der Waals surface area contributed by atoms with Crippen molar-refractivity contribution in [2.75, 3.05) is 6.61 Å². The summed E-state index contributed by atoms with van der Waals surface area (Å²) < 4.78 is 0. The predicted octanol–water partition coefficient (Wildman–Crippen LogP) is 1.87. The Kier molecular flexibility index (Phi) is 7.11. The largest absolute Gasteiger partial charge is 0.396 e. The van der Waals surface area contributed by atoms with Crippen molar-refractivity contribution < 1.29 is 10.2 Å². The maximum Gasteiger partial charge on any atom is 0.0747 e. The second-order valence-corrected chi connectivity index (χ2v) is 3.14. The first-order valence-electron chi connectivity index (χ1n) is 4.69. The van der Waals surface area contributed by atoms with Gasteiger partial charge < -0.3 is 10.2 Å². The molecule has 0 spiro atoms. The number of hydrogen-bond donors (Lipinski definition) is 2. The average molecular weight is 172 g/mol. The van der Waals surface area contributed by atoms with Crippen molar-refractivity contribution in [2.24, 2.45) is 0 Å². The van der Waals surface area contributed by atoms with Crippen LogP contribution in [0.3, 0.4) is 0 Å². The quantitative estimate of drug-likeness (QED) is 0.454. The summed E-state index contributed by atoms with van der Waals surface area (Å²) in [6.07, 6.45) is 3.96. The lowest BCUT2D eigenvalue weighted by Gasteiger charge is -2.12. The topological polar surface area (TPSA) is 40.5 Å². The lowest BCUT2D eigenvalue weighted by Crippen LogP contribution is -2.09. The van der Waals surface area contributed by atoms with Crippen molar-refractivity contribution in [3.63, 3.8) is 0 Å². The van der Waals surface area contributed by atoms with Gasteiger partial charge in [-0.1, -0.05) is 19.9 Å². The minimum atomic E-state index is -0.364. The summed E-state index contributed by atoms with van der Waals surface area (Å²) in [6.45, 7) is 6.10. The van der Waals surface area contributed by atoms with Gasteiger partial charge in [0.25, 0.3) is 0 Å². The molecule has 0 aromatic rings. The Hall–Kier alpha value is -0.340. The van der Waals surface area contributed by atoms with Crippen LogP contribution in [0, 0.1) is 0 Å². The van der Waals surface area contributed by atoms with Crippen LogP contribution in [0.4, 0.5) is 0 Å². The van der Waals surface area contributed by atoms with Gasteiger partial charge >= 0.3 is 0 Å². The smallest absolute Gasteiger partial charge is 0.0747 e. The third-order valence-corrected chi connectivity index (χ3v) is 1.93. The zero-order chi connectivity index (χ0) is 9.40. The molecule has 0 radical (unpaired) electrons. The molecule has 0 rings (SSSR count). The Morgan fingerprint density at radius 1 is 1.42 bits per heavy atom. The Morgan fingerprint density at radius 2 is 2.08 bits per heavy atom. The molecule has 0 aliphatic rings. The lowest BCUT2D eigenvalue weighted by atomic mass is 10.0. The van der Waals surface area contributed by atoms with Crippen LogP contribution < -0.4 is 0 Å². The van der Waals surface area contributed by atoms with E-state index in [1.807, 2.05) is 0 Å². The van der Waals surface area contributed by atoms with E-state index < -0.39 is 0 Å². The Morgan fingerprint density at radius 3 is 2.58 bits per heavy atom. The zero-order valence-electron chi connectivity index (χ0n) is 7.92. The van der Waals surface area contributed by atoms with Crippen LogP contribution in [0.1, 0.15) is 39.0 Å². The van der Waals surface area contributed by atoms with Crippen molar-refractivity contribution in [3.05, 3.63) is 12.2 Å². The van der Waals surface area contributed by atoms with Crippen LogP contribution >= 0.6 is 0 Å². The normalized spacial score (nSPS) is 12.9. The summed E-state index contributed by atoms with van der Waals surface area (Å²) in [6, 6.07) is 0. The fraction of sp³-hybridized carbons (Fsp3) is 0.800. The number of hydrogen-bond acceptors (Lipinski definition) is 2. The Bertz CT molecular complexity index is 121. The predicted molar refractivity (Wildman–Crippen MR) is 51.0 cm³/mol. The molecule has 1 atom stereocenters. The highest BCUT2D eigenvalue weighted by Crippen LogP contribution is 2.12. The Balaban J connectivity index is 3.42. The zero-order valence-corrected chi connectivity index (χ0v) is 7.92. The summed E-state index contributed by atoms with van der Waals surface area (Å²) >= 11 is 0. The van der Waals surface area contributed by atoms with Gasteiger partial charge in [-0.3, -0.25) is 0 Å². The number of unbranched alkanes of at least 4 members (excludes halogenated alkanes) is 1. The molecule has 0 heterocycles. The molecule has 0 aromatic heterocycles. The van der Waals surface area contributed by atoms with E-state index in [-0.39, 0.29) is 12.7 Å². The molecule has 0 fully saturated rings. The van der Waals surface area contributed by atoms with Gasteiger partial charge in [-0.2, -0.15) is 0 Å². The van der Waals surface area contributed by atoms with Gasteiger partial charge in [0, 0.05) is 6.61 Å². The number of aliphatic hydroxyl groups is 2. The highest BCUT2D eigenvalue weighted by molar-refractivity contribution is 5.00. The molecule has 72 valence electrons. The molecular weight excluding hydrogens is 152 g/mol. The summed E-state index contributed by atoms with van der Waals surface area (Å²) in [7, 11) is 0. The standard InChI is InChI=1S/C10H20O2/c1-3-6-9(2)10(12)7-4-5-8-11/h10-12H,2-8H2,1H3. The van der Waals surface area contributed by atoms with E-state index in [0.29, 0.717) is 0 Å². The maximum absolute atomic E-state index is 9.49. The fourth-order valence-corrected chi connectivity index (χ4v) is 1.14. The molecule has 0 aliphatic heterocycles. The average Bonchev–Trinajstić information content (AvgIpc) is 2.05. The van der Waals surface area contributed by atoms with E-state index in [2.05, 4.69) is 13.5 Å². The molecule has 2 heteroatoms. The molecule has 0 saturated carbocycles. The first-order chi connectivity index (χ1) is 5.72. The van der Waals surface area contributed by atoms with Crippen LogP contribution in [-0.4, -0.2) is 22.9 Å².